The van der Waals surface area contributed by atoms with Gasteiger partial charge in [0.1, 0.15) is 5.82 Å². The maximum absolute atomic E-state index is 4.65. The fourth-order valence-electron chi connectivity index (χ4n) is 2.44. The van der Waals surface area contributed by atoms with Gasteiger partial charge in [-0.15, -0.1) is 0 Å². The summed E-state index contributed by atoms with van der Waals surface area (Å²) in [7, 11) is 0. The van der Waals surface area contributed by atoms with Crippen molar-refractivity contribution in [1.29, 1.82) is 0 Å². The topological polar surface area (TPSA) is 28.2 Å². The van der Waals surface area contributed by atoms with Crippen LogP contribution in [0.15, 0.2) is 18.3 Å². The zero-order valence-electron chi connectivity index (χ0n) is 12.1. The van der Waals surface area contributed by atoms with Crippen LogP contribution in [0.2, 0.25) is 0 Å². The molecule has 0 radical (unpaired) electrons. The molecule has 1 fully saturated rings. The fourth-order valence-corrected chi connectivity index (χ4v) is 3.33. The van der Waals surface area contributed by atoms with Gasteiger partial charge >= 0.3 is 0 Å². The van der Waals surface area contributed by atoms with E-state index < -0.39 is 0 Å². The van der Waals surface area contributed by atoms with Crippen LogP contribution < -0.4 is 10.2 Å². The minimum Gasteiger partial charge on any atom is -0.355 e. The molecule has 1 aromatic rings. The summed E-state index contributed by atoms with van der Waals surface area (Å²) < 4.78 is 0. The van der Waals surface area contributed by atoms with E-state index >= 15 is 0 Å². The lowest BCUT2D eigenvalue weighted by atomic mass is 10.1. The number of hydrogen-bond acceptors (Lipinski definition) is 4. The number of nitrogens with one attached hydrogen (secondary N) is 1. The number of nitrogens with zero attached hydrogens (tertiary/aromatic N) is 2. The average molecular weight is 279 g/mol. The minimum absolute atomic E-state index is 0.375. The maximum Gasteiger partial charge on any atom is 0.133 e. The number of hydrogen-bond donors (Lipinski definition) is 1. The van der Waals surface area contributed by atoms with E-state index in [0.29, 0.717) is 6.04 Å². The molecule has 2 rings (SSSR count). The van der Waals surface area contributed by atoms with Crippen molar-refractivity contribution < 1.29 is 0 Å². The largest absolute Gasteiger partial charge is 0.355 e. The summed E-state index contributed by atoms with van der Waals surface area (Å²) >= 11 is 2.06. The molecule has 19 heavy (non-hydrogen) atoms. The van der Waals surface area contributed by atoms with Crippen molar-refractivity contribution in [3.05, 3.63) is 23.9 Å². The van der Waals surface area contributed by atoms with Gasteiger partial charge in [-0.25, -0.2) is 4.98 Å². The lowest BCUT2D eigenvalue weighted by Crippen LogP contribution is -2.29. The highest BCUT2D eigenvalue weighted by molar-refractivity contribution is 7.99. The number of rotatable bonds is 5. The maximum atomic E-state index is 4.65. The van der Waals surface area contributed by atoms with E-state index in [0.717, 1.165) is 19.6 Å². The van der Waals surface area contributed by atoms with Gasteiger partial charge in [0.2, 0.25) is 0 Å². The SMILES string of the molecule is CCCNC(C)c1cccnc1N1CCCSCC1. The second-order valence-electron chi connectivity index (χ2n) is 5.05. The molecule has 0 aromatic carbocycles. The first-order valence-electron chi connectivity index (χ1n) is 7.34. The van der Waals surface area contributed by atoms with Gasteiger partial charge in [0.25, 0.3) is 0 Å². The molecular formula is C15H25N3S. The second kappa shape index (κ2) is 7.75. The van der Waals surface area contributed by atoms with Crippen LogP contribution in [0, 0.1) is 0 Å². The normalized spacial score (nSPS) is 18.1. The molecule has 0 amide bonds. The lowest BCUT2D eigenvalue weighted by molar-refractivity contribution is 0.567. The molecule has 1 atom stereocenters. The predicted molar refractivity (Wildman–Crippen MR) is 85.1 cm³/mol. The van der Waals surface area contributed by atoms with Crippen LogP contribution in [-0.2, 0) is 0 Å². The van der Waals surface area contributed by atoms with Crippen LogP contribution in [0.1, 0.15) is 38.3 Å². The van der Waals surface area contributed by atoms with E-state index in [9.17, 15) is 0 Å². The Balaban J connectivity index is 2.14. The monoisotopic (exact) mass is 279 g/mol. The molecule has 3 nitrogen and oxygen atoms in total. The second-order valence-corrected chi connectivity index (χ2v) is 6.27. The van der Waals surface area contributed by atoms with Crippen molar-refractivity contribution in [2.45, 2.75) is 32.7 Å². The molecule has 1 aromatic heterocycles. The Morgan fingerprint density at radius 3 is 3.16 bits per heavy atom. The zero-order valence-corrected chi connectivity index (χ0v) is 12.9. The van der Waals surface area contributed by atoms with E-state index in [1.54, 1.807) is 0 Å². The van der Waals surface area contributed by atoms with Crippen molar-refractivity contribution >= 4 is 17.6 Å². The van der Waals surface area contributed by atoms with E-state index in [1.165, 1.54) is 35.7 Å². The summed E-state index contributed by atoms with van der Waals surface area (Å²) in [5, 5.41) is 3.57. The van der Waals surface area contributed by atoms with Crippen molar-refractivity contribution in [2.24, 2.45) is 0 Å². The predicted octanol–water partition coefficient (Wildman–Crippen LogP) is 3.09. The van der Waals surface area contributed by atoms with Gasteiger partial charge in [-0.05, 0) is 38.1 Å². The van der Waals surface area contributed by atoms with Crippen molar-refractivity contribution in [1.82, 2.24) is 10.3 Å². The van der Waals surface area contributed by atoms with E-state index in [1.807, 2.05) is 6.20 Å². The first-order chi connectivity index (χ1) is 9.33. The number of thioether (sulfide) groups is 1. The summed E-state index contributed by atoms with van der Waals surface area (Å²) in [6, 6.07) is 4.64. The summed E-state index contributed by atoms with van der Waals surface area (Å²) in [4.78, 5) is 7.11. The first kappa shape index (κ1) is 14.7. The summed E-state index contributed by atoms with van der Waals surface area (Å²) in [5.74, 6) is 3.68. The van der Waals surface area contributed by atoms with Gasteiger partial charge in [0.05, 0.1) is 0 Å². The lowest BCUT2D eigenvalue weighted by Gasteiger charge is -2.26. The molecule has 0 saturated carbocycles. The van der Waals surface area contributed by atoms with Crippen LogP contribution in [0.4, 0.5) is 5.82 Å². The average Bonchev–Trinajstić information content (AvgIpc) is 2.73. The quantitative estimate of drug-likeness (QED) is 0.896. The zero-order chi connectivity index (χ0) is 13.5. The summed E-state index contributed by atoms with van der Waals surface area (Å²) in [5.41, 5.74) is 1.34. The molecule has 1 unspecified atom stereocenters. The van der Waals surface area contributed by atoms with E-state index in [2.05, 4.69) is 52.9 Å². The van der Waals surface area contributed by atoms with Gasteiger partial charge in [0.15, 0.2) is 0 Å². The Morgan fingerprint density at radius 2 is 2.32 bits per heavy atom. The third kappa shape index (κ3) is 4.11. The van der Waals surface area contributed by atoms with Crippen molar-refractivity contribution in [3.63, 3.8) is 0 Å². The Hall–Kier alpha value is -0.740. The van der Waals surface area contributed by atoms with Gasteiger partial charge in [-0.2, -0.15) is 11.8 Å². The van der Waals surface area contributed by atoms with Crippen molar-refractivity contribution in [3.8, 4) is 0 Å². The Kier molecular flexibility index (Phi) is 5.98. The van der Waals surface area contributed by atoms with Crippen LogP contribution in [0.3, 0.4) is 0 Å². The molecule has 1 saturated heterocycles. The Morgan fingerprint density at radius 1 is 1.42 bits per heavy atom. The molecule has 0 bridgehead atoms. The van der Waals surface area contributed by atoms with Gasteiger partial charge < -0.3 is 10.2 Å². The first-order valence-corrected chi connectivity index (χ1v) is 8.49. The standard InChI is InChI=1S/C15H25N3S/c1-3-7-16-13(2)14-6-4-8-17-15(14)18-9-5-11-19-12-10-18/h4,6,8,13,16H,3,5,7,9-12H2,1-2H3. The molecule has 1 N–H and O–H groups in total. The van der Waals surface area contributed by atoms with Crippen LogP contribution >= 0.6 is 11.8 Å². The molecule has 106 valence electrons. The highest BCUT2D eigenvalue weighted by atomic mass is 32.2. The van der Waals surface area contributed by atoms with E-state index in [4.69, 9.17) is 0 Å². The number of pyridine rings is 1. The van der Waals surface area contributed by atoms with Crippen molar-refractivity contribution in [2.75, 3.05) is 36.0 Å². The van der Waals surface area contributed by atoms with Gasteiger partial charge in [0, 0.05) is 36.6 Å². The molecular weight excluding hydrogens is 254 g/mol. The summed E-state index contributed by atoms with van der Waals surface area (Å²) in [6.45, 7) is 7.76. The van der Waals surface area contributed by atoms with Gasteiger partial charge in [-0.1, -0.05) is 13.0 Å². The summed E-state index contributed by atoms with van der Waals surface area (Å²) in [6.07, 6.45) is 4.35. The van der Waals surface area contributed by atoms with E-state index in [-0.39, 0.29) is 0 Å². The molecule has 0 aliphatic carbocycles. The molecule has 4 heteroatoms. The third-order valence-corrected chi connectivity index (χ3v) is 4.55. The van der Waals surface area contributed by atoms with Crippen LogP contribution in [0.5, 0.6) is 0 Å². The third-order valence-electron chi connectivity index (χ3n) is 3.51. The molecule has 0 spiro atoms. The molecule has 2 heterocycles. The minimum atomic E-state index is 0.375. The molecule has 1 aliphatic heterocycles. The van der Waals surface area contributed by atoms with Gasteiger partial charge in [-0.3, -0.25) is 0 Å². The highest BCUT2D eigenvalue weighted by Crippen LogP contribution is 2.25. The smallest absolute Gasteiger partial charge is 0.133 e. The molecule has 1 aliphatic rings. The Bertz CT molecular complexity index is 375. The number of aromatic nitrogens is 1. The highest BCUT2D eigenvalue weighted by Gasteiger charge is 2.17. The fraction of sp³-hybridized carbons (Fsp3) is 0.667. The van der Waals surface area contributed by atoms with Crippen LogP contribution in [0.25, 0.3) is 0 Å². The van der Waals surface area contributed by atoms with Crippen LogP contribution in [-0.4, -0.2) is 36.1 Å². The number of anilines is 1. The Labute approximate surface area is 121 Å².